The van der Waals surface area contributed by atoms with Crippen LogP contribution in [0.4, 0.5) is 0 Å². The summed E-state index contributed by atoms with van der Waals surface area (Å²) in [6.45, 7) is 6.51. The van der Waals surface area contributed by atoms with Crippen LogP contribution in [-0.2, 0) is 0 Å². The molecule has 1 heteroatoms. The van der Waals surface area contributed by atoms with Gasteiger partial charge in [0.15, 0.2) is 0 Å². The van der Waals surface area contributed by atoms with Crippen LogP contribution >= 0.6 is 0 Å². The van der Waals surface area contributed by atoms with Crippen LogP contribution in [0.2, 0.25) is 0 Å². The fraction of sp³-hybridized carbons (Fsp3) is 0.900. The molecule has 0 N–H and O–H groups in total. The Balaban J connectivity index is 3.73. The first-order valence-electron chi connectivity index (χ1n) is 4.65. The van der Waals surface area contributed by atoms with E-state index in [1.807, 2.05) is 0 Å². The summed E-state index contributed by atoms with van der Waals surface area (Å²) < 4.78 is 0. The molecule has 0 rings (SSSR count). The van der Waals surface area contributed by atoms with Gasteiger partial charge in [-0.1, -0.05) is 33.6 Å². The Kier molecular flexibility index (Phi) is 5.93. The van der Waals surface area contributed by atoms with Crippen molar-refractivity contribution in [3.63, 3.8) is 0 Å². The molecule has 0 aliphatic rings. The molecule has 0 heterocycles. The van der Waals surface area contributed by atoms with Gasteiger partial charge in [-0.05, 0) is 18.8 Å². The first-order chi connectivity index (χ1) is 5.26. The Bertz CT molecular complexity index is 123. The molecule has 0 saturated heterocycles. The molecule has 0 aliphatic heterocycles. The third-order valence-corrected chi connectivity index (χ3v) is 2.20. The van der Waals surface area contributed by atoms with E-state index < -0.39 is 0 Å². The Hall–Kier alpha value is -0.510. The van der Waals surface area contributed by atoms with E-state index in [1.54, 1.807) is 0 Å². The smallest absolute Gasteiger partial charge is 0.0658 e. The van der Waals surface area contributed by atoms with E-state index in [0.717, 1.165) is 12.8 Å². The summed E-state index contributed by atoms with van der Waals surface area (Å²) in [5, 5.41) is 8.80. The molecule has 0 amide bonds. The van der Waals surface area contributed by atoms with Gasteiger partial charge < -0.3 is 0 Å². The van der Waals surface area contributed by atoms with Crippen LogP contribution in [0.3, 0.4) is 0 Å². The molecule has 0 bridgehead atoms. The zero-order chi connectivity index (χ0) is 8.69. The minimum absolute atomic E-state index is 0.292. The maximum Gasteiger partial charge on any atom is 0.0658 e. The van der Waals surface area contributed by atoms with Gasteiger partial charge >= 0.3 is 0 Å². The van der Waals surface area contributed by atoms with Crippen molar-refractivity contribution in [2.75, 3.05) is 0 Å². The lowest BCUT2D eigenvalue weighted by atomic mass is 9.88. The largest absolute Gasteiger partial charge is 0.198 e. The average Bonchev–Trinajstić information content (AvgIpc) is 2.00. The summed E-state index contributed by atoms with van der Waals surface area (Å²) in [5.41, 5.74) is 0. The van der Waals surface area contributed by atoms with Crippen LogP contribution in [0.5, 0.6) is 0 Å². The minimum Gasteiger partial charge on any atom is -0.198 e. The zero-order valence-electron chi connectivity index (χ0n) is 7.93. The van der Waals surface area contributed by atoms with Gasteiger partial charge in [0, 0.05) is 5.92 Å². The summed E-state index contributed by atoms with van der Waals surface area (Å²) in [5.74, 6) is 0.880. The van der Waals surface area contributed by atoms with Crippen molar-refractivity contribution in [2.24, 2.45) is 11.8 Å². The average molecular weight is 153 g/mol. The third kappa shape index (κ3) is 4.03. The van der Waals surface area contributed by atoms with Gasteiger partial charge in [-0.2, -0.15) is 5.26 Å². The van der Waals surface area contributed by atoms with Crippen LogP contribution in [0.1, 0.15) is 46.5 Å². The van der Waals surface area contributed by atoms with Crippen LogP contribution in [0, 0.1) is 23.2 Å². The van der Waals surface area contributed by atoms with Crippen LogP contribution in [0.25, 0.3) is 0 Å². The fourth-order valence-electron chi connectivity index (χ4n) is 1.44. The number of hydrogen-bond acceptors (Lipinski definition) is 1. The van der Waals surface area contributed by atoms with E-state index in [1.165, 1.54) is 12.8 Å². The molecule has 0 unspecified atom stereocenters. The van der Waals surface area contributed by atoms with Crippen LogP contribution in [0.15, 0.2) is 0 Å². The quantitative estimate of drug-likeness (QED) is 0.594. The van der Waals surface area contributed by atoms with Crippen molar-refractivity contribution >= 4 is 0 Å². The molecule has 0 spiro atoms. The second-order valence-electron chi connectivity index (χ2n) is 3.29. The van der Waals surface area contributed by atoms with E-state index >= 15 is 0 Å². The Morgan fingerprint density at radius 2 is 1.73 bits per heavy atom. The number of rotatable bonds is 5. The van der Waals surface area contributed by atoms with Crippen molar-refractivity contribution < 1.29 is 0 Å². The molecule has 0 fully saturated rings. The zero-order valence-corrected chi connectivity index (χ0v) is 7.93. The highest BCUT2D eigenvalue weighted by atomic mass is 14.3. The van der Waals surface area contributed by atoms with Gasteiger partial charge in [0.25, 0.3) is 0 Å². The molecule has 0 radical (unpaired) electrons. The topological polar surface area (TPSA) is 23.8 Å². The predicted octanol–water partition coefficient (Wildman–Crippen LogP) is 3.36. The predicted molar refractivity (Wildman–Crippen MR) is 48.1 cm³/mol. The standard InChI is InChI=1S/C10H19N/c1-4-6-9(3)10(8-11)7-5-2/h9-10H,4-7H2,1-3H3/t9-,10-/m1/s1. The highest BCUT2D eigenvalue weighted by Gasteiger charge is 2.13. The normalized spacial score (nSPS) is 15.5. The highest BCUT2D eigenvalue weighted by molar-refractivity contribution is 4.85. The lowest BCUT2D eigenvalue weighted by Gasteiger charge is -2.15. The van der Waals surface area contributed by atoms with Gasteiger partial charge in [0.2, 0.25) is 0 Å². The summed E-state index contributed by atoms with van der Waals surface area (Å²) in [6, 6.07) is 2.39. The van der Waals surface area contributed by atoms with Crippen molar-refractivity contribution in [2.45, 2.75) is 46.5 Å². The summed E-state index contributed by atoms with van der Waals surface area (Å²) in [6.07, 6.45) is 4.59. The maximum absolute atomic E-state index is 8.80. The monoisotopic (exact) mass is 153 g/mol. The lowest BCUT2D eigenvalue weighted by Crippen LogP contribution is -2.08. The molecule has 0 aromatic rings. The Labute approximate surface area is 70.4 Å². The van der Waals surface area contributed by atoms with Gasteiger partial charge in [0.1, 0.15) is 0 Å². The molecule has 0 aromatic heterocycles. The molecular weight excluding hydrogens is 134 g/mol. The van der Waals surface area contributed by atoms with E-state index in [9.17, 15) is 0 Å². The Morgan fingerprint density at radius 3 is 2.09 bits per heavy atom. The summed E-state index contributed by atoms with van der Waals surface area (Å²) in [7, 11) is 0. The molecule has 0 aliphatic carbocycles. The second-order valence-corrected chi connectivity index (χ2v) is 3.29. The SMILES string of the molecule is CCC[C@@H](C)[C@@H](C#N)CCC. The first kappa shape index (κ1) is 10.5. The van der Waals surface area contributed by atoms with Crippen molar-refractivity contribution in [1.82, 2.24) is 0 Å². The summed E-state index contributed by atoms with van der Waals surface area (Å²) in [4.78, 5) is 0. The number of hydrogen-bond donors (Lipinski definition) is 0. The molecule has 0 aromatic carbocycles. The highest BCUT2D eigenvalue weighted by Crippen LogP contribution is 2.20. The van der Waals surface area contributed by atoms with Crippen molar-refractivity contribution in [3.8, 4) is 6.07 Å². The molecule has 1 nitrogen and oxygen atoms in total. The fourth-order valence-corrected chi connectivity index (χ4v) is 1.44. The first-order valence-corrected chi connectivity index (χ1v) is 4.65. The third-order valence-electron chi connectivity index (χ3n) is 2.20. The van der Waals surface area contributed by atoms with E-state index in [0.29, 0.717) is 11.8 Å². The number of nitrogens with zero attached hydrogens (tertiary/aromatic N) is 1. The van der Waals surface area contributed by atoms with Crippen LogP contribution in [-0.4, -0.2) is 0 Å². The van der Waals surface area contributed by atoms with E-state index in [4.69, 9.17) is 5.26 Å². The molecule has 0 saturated carbocycles. The van der Waals surface area contributed by atoms with Gasteiger partial charge in [-0.25, -0.2) is 0 Å². The molecule has 11 heavy (non-hydrogen) atoms. The Morgan fingerprint density at radius 1 is 1.18 bits per heavy atom. The van der Waals surface area contributed by atoms with Gasteiger partial charge in [-0.15, -0.1) is 0 Å². The van der Waals surface area contributed by atoms with E-state index in [-0.39, 0.29) is 0 Å². The van der Waals surface area contributed by atoms with Crippen molar-refractivity contribution in [1.29, 1.82) is 5.26 Å². The molecule has 2 atom stereocenters. The molecule has 64 valence electrons. The minimum atomic E-state index is 0.292. The maximum atomic E-state index is 8.80. The van der Waals surface area contributed by atoms with E-state index in [2.05, 4.69) is 26.8 Å². The summed E-state index contributed by atoms with van der Waals surface area (Å²) >= 11 is 0. The number of nitriles is 1. The van der Waals surface area contributed by atoms with Crippen molar-refractivity contribution in [3.05, 3.63) is 0 Å². The van der Waals surface area contributed by atoms with Gasteiger partial charge in [-0.3, -0.25) is 0 Å². The lowest BCUT2D eigenvalue weighted by molar-refractivity contribution is 0.382. The van der Waals surface area contributed by atoms with Crippen LogP contribution < -0.4 is 0 Å². The molecular formula is C10H19N. The van der Waals surface area contributed by atoms with Gasteiger partial charge in [0.05, 0.1) is 6.07 Å². The second kappa shape index (κ2) is 6.22.